The van der Waals surface area contributed by atoms with Gasteiger partial charge in [-0.05, 0) is 61.5 Å². The summed E-state index contributed by atoms with van der Waals surface area (Å²) in [6.07, 6.45) is 12.8. The maximum absolute atomic E-state index is 13.9. The van der Waals surface area contributed by atoms with Crippen LogP contribution in [0.3, 0.4) is 0 Å². The molecule has 0 nitrogen and oxygen atoms in total. The number of rotatable bonds is 4. The number of allylic oxidation sites excluding steroid dienone is 2. The maximum atomic E-state index is 13.9. The normalized spacial score (nSPS) is 27.8. The van der Waals surface area contributed by atoms with Crippen LogP contribution in [0.25, 0.3) is 5.57 Å². The van der Waals surface area contributed by atoms with Crippen molar-refractivity contribution in [3.05, 3.63) is 41.2 Å². The van der Waals surface area contributed by atoms with Gasteiger partial charge in [-0.1, -0.05) is 38.7 Å². The Bertz CT molecular complexity index is 597. The molecule has 132 valence electrons. The molecule has 0 spiro atoms. The van der Waals surface area contributed by atoms with Crippen molar-refractivity contribution in [3.8, 4) is 0 Å². The number of halogens is 3. The molecule has 1 unspecified atom stereocenters. The number of hydrogen-bond acceptors (Lipinski definition) is 0. The van der Waals surface area contributed by atoms with Gasteiger partial charge in [0, 0.05) is 11.6 Å². The monoisotopic (exact) mass is 336 g/mol. The standard InChI is InChI=1S/C21H27F3/c1-2-3-14-4-6-15(7-5-14)16-8-10-17(11-9-16)18-12-20(23)21(24)13-19(18)22/h10,12-16H,2-9,11H2,1H3/t14-,15-,16?. The highest BCUT2D eigenvalue weighted by atomic mass is 19.2. The molecule has 1 fully saturated rings. The molecule has 3 rings (SSSR count). The van der Waals surface area contributed by atoms with E-state index in [2.05, 4.69) is 13.0 Å². The van der Waals surface area contributed by atoms with Crippen LogP contribution in [0.4, 0.5) is 13.2 Å². The molecule has 0 aromatic heterocycles. The Morgan fingerprint density at radius 1 is 0.875 bits per heavy atom. The van der Waals surface area contributed by atoms with E-state index in [0.29, 0.717) is 12.0 Å². The molecule has 1 saturated carbocycles. The summed E-state index contributed by atoms with van der Waals surface area (Å²) in [7, 11) is 0. The molecule has 0 aliphatic heterocycles. The summed E-state index contributed by atoms with van der Waals surface area (Å²) in [5.41, 5.74) is 1.07. The minimum atomic E-state index is -1.12. The van der Waals surface area contributed by atoms with Crippen molar-refractivity contribution in [2.24, 2.45) is 17.8 Å². The van der Waals surface area contributed by atoms with Crippen molar-refractivity contribution < 1.29 is 13.2 Å². The zero-order chi connectivity index (χ0) is 17.1. The first-order valence-corrected chi connectivity index (χ1v) is 9.42. The average molecular weight is 336 g/mol. The van der Waals surface area contributed by atoms with E-state index in [1.807, 2.05) is 0 Å². The van der Waals surface area contributed by atoms with Gasteiger partial charge in [-0.15, -0.1) is 0 Å². The van der Waals surface area contributed by atoms with E-state index in [1.165, 1.54) is 38.5 Å². The number of benzene rings is 1. The zero-order valence-corrected chi connectivity index (χ0v) is 14.5. The van der Waals surface area contributed by atoms with Crippen LogP contribution in [-0.4, -0.2) is 0 Å². The summed E-state index contributed by atoms with van der Waals surface area (Å²) in [6.45, 7) is 2.26. The van der Waals surface area contributed by atoms with Crippen molar-refractivity contribution >= 4 is 5.57 Å². The lowest BCUT2D eigenvalue weighted by atomic mass is 9.70. The second-order valence-corrected chi connectivity index (χ2v) is 7.58. The van der Waals surface area contributed by atoms with Crippen LogP contribution < -0.4 is 0 Å². The summed E-state index contributed by atoms with van der Waals surface area (Å²) >= 11 is 0. The smallest absolute Gasteiger partial charge is 0.161 e. The molecule has 3 heteroatoms. The molecule has 2 aliphatic carbocycles. The SMILES string of the molecule is CCC[C@H]1CC[C@H](C2CC=C(c3cc(F)c(F)cc3F)CC2)CC1. The van der Waals surface area contributed by atoms with Crippen LogP contribution in [0.2, 0.25) is 0 Å². The first-order chi connectivity index (χ1) is 11.6. The van der Waals surface area contributed by atoms with Crippen LogP contribution in [0.5, 0.6) is 0 Å². The molecule has 0 radical (unpaired) electrons. The second kappa shape index (κ2) is 7.76. The van der Waals surface area contributed by atoms with E-state index in [9.17, 15) is 13.2 Å². The first kappa shape index (κ1) is 17.6. The molecule has 0 bridgehead atoms. The summed E-state index contributed by atoms with van der Waals surface area (Å²) in [4.78, 5) is 0. The largest absolute Gasteiger partial charge is 0.206 e. The third kappa shape index (κ3) is 3.87. The predicted molar refractivity (Wildman–Crippen MR) is 92.0 cm³/mol. The molecule has 24 heavy (non-hydrogen) atoms. The van der Waals surface area contributed by atoms with E-state index in [-0.39, 0.29) is 5.56 Å². The van der Waals surface area contributed by atoms with Crippen molar-refractivity contribution in [2.75, 3.05) is 0 Å². The molecule has 0 heterocycles. The maximum Gasteiger partial charge on any atom is 0.161 e. The first-order valence-electron chi connectivity index (χ1n) is 9.42. The molecule has 1 aromatic carbocycles. The Morgan fingerprint density at radius 2 is 1.58 bits per heavy atom. The predicted octanol–water partition coefficient (Wildman–Crippen LogP) is 6.89. The molecule has 0 amide bonds. The van der Waals surface area contributed by atoms with Crippen LogP contribution in [0.15, 0.2) is 18.2 Å². The van der Waals surface area contributed by atoms with Crippen molar-refractivity contribution in [1.82, 2.24) is 0 Å². The highest BCUT2D eigenvalue weighted by Crippen LogP contribution is 2.42. The topological polar surface area (TPSA) is 0 Å². The van der Waals surface area contributed by atoms with E-state index in [0.717, 1.165) is 42.7 Å². The van der Waals surface area contributed by atoms with Crippen LogP contribution in [0, 0.1) is 35.2 Å². The van der Waals surface area contributed by atoms with Gasteiger partial charge in [0.05, 0.1) is 0 Å². The van der Waals surface area contributed by atoms with Gasteiger partial charge in [-0.2, -0.15) is 0 Å². The van der Waals surface area contributed by atoms with Gasteiger partial charge in [-0.3, -0.25) is 0 Å². The van der Waals surface area contributed by atoms with Gasteiger partial charge in [0.1, 0.15) is 5.82 Å². The fourth-order valence-corrected chi connectivity index (χ4v) is 4.65. The number of hydrogen-bond donors (Lipinski definition) is 0. The summed E-state index contributed by atoms with van der Waals surface area (Å²) in [5, 5.41) is 0. The van der Waals surface area contributed by atoms with Crippen molar-refractivity contribution in [2.45, 2.75) is 64.7 Å². The molecule has 0 saturated heterocycles. The van der Waals surface area contributed by atoms with E-state index >= 15 is 0 Å². The van der Waals surface area contributed by atoms with Gasteiger partial charge in [0.25, 0.3) is 0 Å². The highest BCUT2D eigenvalue weighted by Gasteiger charge is 2.29. The van der Waals surface area contributed by atoms with Crippen LogP contribution in [0.1, 0.15) is 70.3 Å². The van der Waals surface area contributed by atoms with Gasteiger partial charge >= 0.3 is 0 Å². The van der Waals surface area contributed by atoms with Gasteiger partial charge in [-0.25, -0.2) is 13.2 Å². The van der Waals surface area contributed by atoms with Crippen LogP contribution >= 0.6 is 0 Å². The van der Waals surface area contributed by atoms with Gasteiger partial charge in [0.2, 0.25) is 0 Å². The van der Waals surface area contributed by atoms with E-state index in [4.69, 9.17) is 0 Å². The molecule has 1 atom stereocenters. The van der Waals surface area contributed by atoms with Gasteiger partial charge < -0.3 is 0 Å². The summed E-state index contributed by atoms with van der Waals surface area (Å²) in [5.74, 6) is -0.371. The third-order valence-corrected chi connectivity index (χ3v) is 6.06. The lowest BCUT2D eigenvalue weighted by Gasteiger charge is -2.35. The minimum absolute atomic E-state index is 0.235. The molecular formula is C21H27F3. The Balaban J connectivity index is 1.62. The van der Waals surface area contributed by atoms with Crippen molar-refractivity contribution in [1.29, 1.82) is 0 Å². The molecule has 2 aliphatic rings. The molecular weight excluding hydrogens is 309 g/mol. The lowest BCUT2D eigenvalue weighted by molar-refractivity contribution is 0.189. The third-order valence-electron chi connectivity index (χ3n) is 6.06. The minimum Gasteiger partial charge on any atom is -0.206 e. The fraction of sp³-hybridized carbons (Fsp3) is 0.619. The summed E-state index contributed by atoms with van der Waals surface area (Å²) in [6, 6.07) is 1.67. The lowest BCUT2D eigenvalue weighted by Crippen LogP contribution is -2.23. The quantitative estimate of drug-likeness (QED) is 0.525. The Kier molecular flexibility index (Phi) is 5.68. The molecule has 0 N–H and O–H groups in total. The van der Waals surface area contributed by atoms with E-state index in [1.54, 1.807) is 0 Å². The van der Waals surface area contributed by atoms with E-state index < -0.39 is 17.5 Å². The van der Waals surface area contributed by atoms with Gasteiger partial charge in [0.15, 0.2) is 11.6 Å². The van der Waals surface area contributed by atoms with Crippen molar-refractivity contribution in [3.63, 3.8) is 0 Å². The Morgan fingerprint density at radius 3 is 2.21 bits per heavy atom. The average Bonchev–Trinajstić information content (AvgIpc) is 2.59. The summed E-state index contributed by atoms with van der Waals surface area (Å²) < 4.78 is 40.4. The Hall–Kier alpha value is -1.25. The molecule has 1 aromatic rings. The Labute approximate surface area is 143 Å². The fourth-order valence-electron chi connectivity index (χ4n) is 4.65. The highest BCUT2D eigenvalue weighted by molar-refractivity contribution is 5.66. The zero-order valence-electron chi connectivity index (χ0n) is 14.5. The second-order valence-electron chi connectivity index (χ2n) is 7.58. The van der Waals surface area contributed by atoms with Crippen LogP contribution in [-0.2, 0) is 0 Å².